The molecule has 0 aliphatic carbocycles. The van der Waals surface area contributed by atoms with Crippen LogP contribution >= 0.6 is 24.0 Å². The van der Waals surface area contributed by atoms with Crippen LogP contribution in [0.25, 0.3) is 0 Å². The van der Waals surface area contributed by atoms with E-state index in [0.717, 1.165) is 12.8 Å². The maximum absolute atomic E-state index is 12.3. The summed E-state index contributed by atoms with van der Waals surface area (Å²) in [5.41, 5.74) is -1.70. The molecule has 2 unspecified atom stereocenters. The van der Waals surface area contributed by atoms with Crippen LogP contribution in [0.1, 0.15) is 53.2 Å². The average Bonchev–Trinajstić information content (AvgIpc) is 3.14. The summed E-state index contributed by atoms with van der Waals surface area (Å²) in [6.07, 6.45) is 3.06. The molecule has 0 radical (unpaired) electrons. The van der Waals surface area contributed by atoms with Gasteiger partial charge in [-0.05, 0) is 59.6 Å². The SMILES string of the molecule is CCNC(=NCC(C)(O)c1ccco1)NC1CCCN(C(=O)OC(C)(C)C)C1.I. The number of piperidine rings is 1. The Bertz CT molecular complexity index is 656. The normalized spacial score (nSPS) is 19.7. The summed E-state index contributed by atoms with van der Waals surface area (Å²) >= 11 is 0. The van der Waals surface area contributed by atoms with Crippen LogP contribution in [0.15, 0.2) is 27.8 Å². The first kappa shape index (κ1) is 25.5. The van der Waals surface area contributed by atoms with Gasteiger partial charge in [0.05, 0.1) is 12.8 Å². The molecule has 29 heavy (non-hydrogen) atoms. The number of carbonyl (C=O) groups is 1. The van der Waals surface area contributed by atoms with Crippen molar-refractivity contribution in [1.29, 1.82) is 0 Å². The van der Waals surface area contributed by atoms with Crippen LogP contribution in [0, 0.1) is 0 Å². The summed E-state index contributed by atoms with van der Waals surface area (Å²) in [5.74, 6) is 1.08. The third-order valence-corrected chi connectivity index (χ3v) is 4.36. The van der Waals surface area contributed by atoms with E-state index in [1.807, 2.05) is 27.7 Å². The highest BCUT2D eigenvalue weighted by Crippen LogP contribution is 2.21. The molecule has 0 spiro atoms. The molecule has 1 aromatic rings. The lowest BCUT2D eigenvalue weighted by Gasteiger charge is -2.35. The summed E-state index contributed by atoms with van der Waals surface area (Å²) in [6, 6.07) is 3.53. The van der Waals surface area contributed by atoms with Gasteiger partial charge >= 0.3 is 6.09 Å². The number of nitrogens with one attached hydrogen (secondary N) is 2. The fraction of sp³-hybridized carbons (Fsp3) is 0.700. The Morgan fingerprint density at radius 2 is 2.14 bits per heavy atom. The third-order valence-electron chi connectivity index (χ3n) is 4.36. The van der Waals surface area contributed by atoms with Crippen molar-refractivity contribution in [2.75, 3.05) is 26.2 Å². The molecule has 2 rings (SSSR count). The van der Waals surface area contributed by atoms with Gasteiger partial charge in [-0.15, -0.1) is 24.0 Å². The number of ether oxygens (including phenoxy) is 1. The highest BCUT2D eigenvalue weighted by Gasteiger charge is 2.29. The fourth-order valence-corrected chi connectivity index (χ4v) is 3.00. The molecular weight excluding hydrogens is 487 g/mol. The van der Waals surface area contributed by atoms with Crippen LogP contribution in [-0.4, -0.2) is 59.9 Å². The van der Waals surface area contributed by atoms with Crippen molar-refractivity contribution in [1.82, 2.24) is 15.5 Å². The number of nitrogens with zero attached hydrogens (tertiary/aromatic N) is 2. The number of guanidine groups is 1. The first-order valence-electron chi connectivity index (χ1n) is 9.90. The standard InChI is InChI=1S/C20H34N4O4.HI/c1-6-21-17(22-14-20(5,26)16-10-8-12-27-16)23-15-9-7-11-24(13-15)18(25)28-19(2,3)4;/h8,10,12,15,26H,6-7,9,11,13-14H2,1-5H3,(H2,21,22,23);1H. The second-order valence-electron chi connectivity index (χ2n) is 8.36. The number of likely N-dealkylation sites (tertiary alicyclic amines) is 1. The van der Waals surface area contributed by atoms with E-state index in [4.69, 9.17) is 9.15 Å². The van der Waals surface area contributed by atoms with Crippen molar-refractivity contribution in [2.45, 2.75) is 64.7 Å². The first-order valence-corrected chi connectivity index (χ1v) is 9.90. The van der Waals surface area contributed by atoms with E-state index < -0.39 is 11.2 Å². The Morgan fingerprint density at radius 3 is 2.72 bits per heavy atom. The van der Waals surface area contributed by atoms with E-state index in [9.17, 15) is 9.90 Å². The minimum absolute atomic E-state index is 0. The molecule has 9 heteroatoms. The molecule has 0 saturated carbocycles. The number of carbonyl (C=O) groups excluding carboxylic acids is 1. The van der Waals surface area contributed by atoms with Gasteiger partial charge in [0, 0.05) is 25.7 Å². The van der Waals surface area contributed by atoms with Crippen LogP contribution in [0.3, 0.4) is 0 Å². The van der Waals surface area contributed by atoms with Gasteiger partial charge in [0.15, 0.2) is 5.96 Å². The Hall–Kier alpha value is -1.49. The predicted molar refractivity (Wildman–Crippen MR) is 124 cm³/mol. The monoisotopic (exact) mass is 522 g/mol. The molecule has 166 valence electrons. The number of amides is 1. The molecule has 1 aliphatic rings. The number of furan rings is 1. The smallest absolute Gasteiger partial charge is 0.410 e. The van der Waals surface area contributed by atoms with Gasteiger partial charge in [0.2, 0.25) is 0 Å². The van der Waals surface area contributed by atoms with E-state index in [1.165, 1.54) is 6.26 Å². The van der Waals surface area contributed by atoms with Gasteiger partial charge < -0.3 is 29.8 Å². The van der Waals surface area contributed by atoms with Gasteiger partial charge in [-0.3, -0.25) is 0 Å². The predicted octanol–water partition coefficient (Wildman–Crippen LogP) is 3.06. The van der Waals surface area contributed by atoms with Crippen LogP contribution in [0.2, 0.25) is 0 Å². The van der Waals surface area contributed by atoms with E-state index in [2.05, 4.69) is 15.6 Å². The van der Waals surface area contributed by atoms with Gasteiger partial charge in [-0.1, -0.05) is 0 Å². The van der Waals surface area contributed by atoms with Crippen molar-refractivity contribution in [2.24, 2.45) is 4.99 Å². The Labute approximate surface area is 190 Å². The van der Waals surface area contributed by atoms with E-state index in [-0.39, 0.29) is 42.7 Å². The summed E-state index contributed by atoms with van der Waals surface area (Å²) < 4.78 is 10.8. The van der Waals surface area contributed by atoms with Gasteiger partial charge in [0.25, 0.3) is 0 Å². The van der Waals surface area contributed by atoms with Crippen molar-refractivity contribution in [3.63, 3.8) is 0 Å². The van der Waals surface area contributed by atoms with Crippen LogP contribution in [0.4, 0.5) is 4.79 Å². The molecule has 3 N–H and O–H groups in total. The fourth-order valence-electron chi connectivity index (χ4n) is 3.00. The molecule has 0 bridgehead atoms. The lowest BCUT2D eigenvalue weighted by molar-refractivity contribution is 0.0193. The maximum Gasteiger partial charge on any atom is 0.410 e. The zero-order valence-electron chi connectivity index (χ0n) is 18.0. The number of hydrogen-bond donors (Lipinski definition) is 3. The molecule has 8 nitrogen and oxygen atoms in total. The Morgan fingerprint density at radius 1 is 1.41 bits per heavy atom. The van der Waals surface area contributed by atoms with Crippen molar-refractivity contribution < 1.29 is 19.1 Å². The molecule has 2 heterocycles. The lowest BCUT2D eigenvalue weighted by atomic mass is 10.0. The van der Waals surface area contributed by atoms with Crippen LogP contribution < -0.4 is 10.6 Å². The van der Waals surface area contributed by atoms with Crippen molar-refractivity contribution >= 4 is 36.0 Å². The molecule has 1 amide bonds. The van der Waals surface area contributed by atoms with Gasteiger partial charge in [-0.25, -0.2) is 9.79 Å². The number of aliphatic imine (C=N–C) groups is 1. The van der Waals surface area contributed by atoms with Gasteiger partial charge in [-0.2, -0.15) is 0 Å². The largest absolute Gasteiger partial charge is 0.466 e. The molecule has 0 aromatic carbocycles. The zero-order chi connectivity index (χ0) is 20.8. The molecule has 1 aromatic heterocycles. The molecule has 1 aliphatic heterocycles. The number of hydrogen-bond acceptors (Lipinski definition) is 5. The van der Waals surface area contributed by atoms with Crippen LogP contribution in [0.5, 0.6) is 0 Å². The molecule has 1 fully saturated rings. The maximum atomic E-state index is 12.3. The highest BCUT2D eigenvalue weighted by atomic mass is 127. The molecular formula is C20H35IN4O4. The highest BCUT2D eigenvalue weighted by molar-refractivity contribution is 14.0. The zero-order valence-corrected chi connectivity index (χ0v) is 20.4. The second kappa shape index (κ2) is 11.1. The summed E-state index contributed by atoms with van der Waals surface area (Å²) in [6.45, 7) is 11.3. The molecule has 2 atom stereocenters. The summed E-state index contributed by atoms with van der Waals surface area (Å²) in [5, 5.41) is 17.2. The van der Waals surface area contributed by atoms with E-state index in [0.29, 0.717) is 31.4 Å². The summed E-state index contributed by atoms with van der Waals surface area (Å²) in [7, 11) is 0. The lowest BCUT2D eigenvalue weighted by Crippen LogP contribution is -2.53. The van der Waals surface area contributed by atoms with E-state index in [1.54, 1.807) is 24.0 Å². The third kappa shape index (κ3) is 8.41. The number of rotatable bonds is 5. The Balaban J connectivity index is 0.00000420. The summed E-state index contributed by atoms with van der Waals surface area (Å²) in [4.78, 5) is 18.6. The topological polar surface area (TPSA) is 99.3 Å². The number of aliphatic hydroxyl groups is 1. The average molecular weight is 522 g/mol. The van der Waals surface area contributed by atoms with Crippen LogP contribution in [-0.2, 0) is 10.3 Å². The van der Waals surface area contributed by atoms with Crippen molar-refractivity contribution in [3.8, 4) is 0 Å². The second-order valence-corrected chi connectivity index (χ2v) is 8.36. The minimum atomic E-state index is -1.19. The van der Waals surface area contributed by atoms with Gasteiger partial charge in [0.1, 0.15) is 17.0 Å². The first-order chi connectivity index (χ1) is 13.1. The number of halogens is 1. The van der Waals surface area contributed by atoms with Crippen molar-refractivity contribution in [3.05, 3.63) is 24.2 Å². The quantitative estimate of drug-likeness (QED) is 0.313. The van der Waals surface area contributed by atoms with E-state index >= 15 is 0 Å². The Kier molecular flexibility index (Phi) is 9.74. The molecule has 1 saturated heterocycles. The minimum Gasteiger partial charge on any atom is -0.466 e.